The maximum Gasteiger partial charge on any atom is 0.300 e. The topological polar surface area (TPSA) is 35.0 Å². The smallest absolute Gasteiger partial charge is 0.264 e. The molecule has 16 heavy (non-hydrogen) atoms. The molecule has 1 rings (SSSR count). The van der Waals surface area contributed by atoms with Gasteiger partial charge in [0.2, 0.25) is 0 Å². The van der Waals surface area contributed by atoms with Crippen molar-refractivity contribution in [3.63, 3.8) is 0 Å². The van der Waals surface area contributed by atoms with Crippen molar-refractivity contribution in [1.29, 1.82) is 0 Å². The maximum absolute atomic E-state index is 11.9. The highest BCUT2D eigenvalue weighted by Gasteiger charge is 2.17. The summed E-state index contributed by atoms with van der Waals surface area (Å²) in [6.07, 6.45) is 2.07. The van der Waals surface area contributed by atoms with Gasteiger partial charge in [0.25, 0.3) is 0 Å². The molecular weight excluding hydrogens is 200 g/mol. The number of benzene rings is 1. The van der Waals surface area contributed by atoms with Crippen LogP contribution in [0, 0.1) is 0 Å². The summed E-state index contributed by atoms with van der Waals surface area (Å²) in [5, 5.41) is 1.98. The summed E-state index contributed by atoms with van der Waals surface area (Å²) in [7, 11) is 0. The van der Waals surface area contributed by atoms with Crippen molar-refractivity contribution in [1.82, 2.24) is 10.4 Å². The molecule has 0 atom stereocenters. The van der Waals surface area contributed by atoms with Gasteiger partial charge in [-0.3, -0.25) is 4.79 Å². The summed E-state index contributed by atoms with van der Waals surface area (Å²) in [4.78, 5) is 11.9. The highest BCUT2D eigenvalue weighted by molar-refractivity contribution is 5.93. The Labute approximate surface area is 97.4 Å². The zero-order valence-corrected chi connectivity index (χ0v) is 10.1. The molecule has 3 nitrogen and oxygen atoms in total. The van der Waals surface area contributed by atoms with Crippen LogP contribution in [0.4, 0.5) is 0 Å². The summed E-state index contributed by atoms with van der Waals surface area (Å²) in [6, 6.07) is 9.31. The molecule has 0 fully saturated rings. The van der Waals surface area contributed by atoms with Gasteiger partial charge in [-0.1, -0.05) is 37.1 Å². The summed E-state index contributed by atoms with van der Waals surface area (Å²) >= 11 is 0. The highest BCUT2D eigenvalue weighted by atomic mass is 16.2. The zero-order chi connectivity index (χ0) is 11.8. The Morgan fingerprint density at radius 2 is 1.69 bits per heavy atom. The second-order valence-electron chi connectivity index (χ2n) is 3.79. The molecule has 0 unspecified atom stereocenters. The van der Waals surface area contributed by atoms with Crippen LogP contribution >= 0.6 is 0 Å². The van der Waals surface area contributed by atoms with Crippen LogP contribution in [-0.2, 0) is 0 Å². The lowest BCUT2D eigenvalue weighted by Crippen LogP contribution is -2.48. The zero-order valence-electron chi connectivity index (χ0n) is 10.1. The largest absolute Gasteiger partial charge is 0.300 e. The van der Waals surface area contributed by atoms with Gasteiger partial charge in [0.15, 0.2) is 13.1 Å². The van der Waals surface area contributed by atoms with E-state index in [9.17, 15) is 4.79 Å². The molecule has 0 saturated carbocycles. The molecule has 0 spiro atoms. The summed E-state index contributed by atoms with van der Waals surface area (Å²) < 4.78 is 0. The average Bonchev–Trinajstić information content (AvgIpc) is 2.31. The fourth-order valence-electron chi connectivity index (χ4n) is 1.56. The molecule has 0 aliphatic heterocycles. The minimum absolute atomic E-state index is 0.0255. The quantitative estimate of drug-likeness (QED) is 0.579. The Morgan fingerprint density at radius 3 is 2.19 bits per heavy atom. The van der Waals surface area contributed by atoms with E-state index in [0.717, 1.165) is 25.9 Å². The summed E-state index contributed by atoms with van der Waals surface area (Å²) in [5.41, 5.74) is 3.64. The van der Waals surface area contributed by atoms with E-state index in [1.807, 2.05) is 35.3 Å². The first-order valence-corrected chi connectivity index (χ1v) is 5.89. The van der Waals surface area contributed by atoms with E-state index in [1.165, 1.54) is 0 Å². The molecule has 0 aliphatic rings. The van der Waals surface area contributed by atoms with E-state index in [-0.39, 0.29) is 5.91 Å². The van der Waals surface area contributed by atoms with E-state index in [4.69, 9.17) is 0 Å². The van der Waals surface area contributed by atoms with Gasteiger partial charge >= 0.3 is 5.91 Å². The van der Waals surface area contributed by atoms with E-state index < -0.39 is 0 Å². The minimum atomic E-state index is -0.0255. The molecule has 0 aromatic heterocycles. The lowest BCUT2D eigenvalue weighted by atomic mass is 10.2. The molecule has 0 aliphatic carbocycles. The fraction of sp³-hybridized carbons (Fsp3) is 0.462. The Kier molecular flexibility index (Phi) is 5.57. The maximum atomic E-state index is 11.9. The van der Waals surface area contributed by atoms with Crippen LogP contribution in [0.1, 0.15) is 37.0 Å². The van der Waals surface area contributed by atoms with Crippen LogP contribution in [0.5, 0.6) is 0 Å². The molecule has 1 radical (unpaired) electrons. The lowest BCUT2D eigenvalue weighted by molar-refractivity contribution is 0.0884. The van der Waals surface area contributed by atoms with Crippen molar-refractivity contribution in [2.75, 3.05) is 13.1 Å². The van der Waals surface area contributed by atoms with E-state index in [1.54, 1.807) is 0 Å². The van der Waals surface area contributed by atoms with Crippen molar-refractivity contribution in [3.05, 3.63) is 35.9 Å². The van der Waals surface area contributed by atoms with Crippen LogP contribution < -0.4 is 10.4 Å². The van der Waals surface area contributed by atoms with Crippen LogP contribution in [-0.4, -0.2) is 19.0 Å². The normalized spacial score (nSPS) is 10.4. The third-order valence-electron chi connectivity index (χ3n) is 2.28. The van der Waals surface area contributed by atoms with Gasteiger partial charge in [0.05, 0.1) is 0 Å². The Morgan fingerprint density at radius 1 is 1.12 bits per heavy atom. The molecule has 1 amide bonds. The van der Waals surface area contributed by atoms with Crippen LogP contribution in [0.15, 0.2) is 30.3 Å². The first-order chi connectivity index (χ1) is 7.77. The fourth-order valence-corrected chi connectivity index (χ4v) is 1.56. The first kappa shape index (κ1) is 12.7. The molecule has 1 aromatic rings. The predicted octanol–water partition coefficient (Wildman–Crippen LogP) is 2.29. The van der Waals surface area contributed by atoms with Crippen molar-refractivity contribution in [2.24, 2.45) is 0 Å². The number of hydrogen-bond donors (Lipinski definition) is 1. The number of carbonyl (C=O) groups excluding carboxylic acids is 1. The minimum Gasteiger partial charge on any atom is -0.264 e. The SMILES string of the molecule is CCC[N+](CCC)NC(=O)c1ccccc1. The van der Waals surface area contributed by atoms with E-state index >= 15 is 0 Å². The van der Waals surface area contributed by atoms with Gasteiger partial charge < -0.3 is 0 Å². The third-order valence-corrected chi connectivity index (χ3v) is 2.28. The van der Waals surface area contributed by atoms with Gasteiger partial charge in [-0.25, -0.2) is 0 Å². The van der Waals surface area contributed by atoms with Gasteiger partial charge in [-0.05, 0) is 12.1 Å². The summed E-state index contributed by atoms with van der Waals surface area (Å²) in [5.74, 6) is -0.0255. The van der Waals surface area contributed by atoms with E-state index in [2.05, 4.69) is 19.3 Å². The molecule has 87 valence electrons. The average molecular weight is 220 g/mol. The van der Waals surface area contributed by atoms with Gasteiger partial charge in [-0.15, -0.1) is 5.43 Å². The number of amides is 1. The predicted molar refractivity (Wildman–Crippen MR) is 66.4 cm³/mol. The third kappa shape index (κ3) is 4.03. The van der Waals surface area contributed by atoms with Crippen molar-refractivity contribution < 1.29 is 4.79 Å². The molecule has 0 saturated heterocycles. The molecule has 1 aromatic carbocycles. The monoisotopic (exact) mass is 220 g/mol. The molecule has 1 N–H and O–H groups in total. The molecule has 0 heterocycles. The number of carbonyl (C=O) groups is 1. The molecule has 0 bridgehead atoms. The van der Waals surface area contributed by atoms with Crippen LogP contribution in [0.3, 0.4) is 0 Å². The molecule has 3 heteroatoms. The van der Waals surface area contributed by atoms with Crippen LogP contribution in [0.25, 0.3) is 0 Å². The number of nitrogens with zero attached hydrogens (tertiary/aromatic N) is 1. The Hall–Kier alpha value is -1.35. The first-order valence-electron chi connectivity index (χ1n) is 5.89. The van der Waals surface area contributed by atoms with Crippen molar-refractivity contribution >= 4 is 5.91 Å². The Balaban J connectivity index is 2.54. The lowest BCUT2D eigenvalue weighted by Gasteiger charge is -2.10. The Bertz CT molecular complexity index is 305. The van der Waals surface area contributed by atoms with Gasteiger partial charge in [-0.2, -0.15) is 0 Å². The van der Waals surface area contributed by atoms with Crippen molar-refractivity contribution in [2.45, 2.75) is 26.7 Å². The number of hydrogen-bond acceptors (Lipinski definition) is 2. The summed E-state index contributed by atoms with van der Waals surface area (Å²) in [6.45, 7) is 6.01. The second-order valence-corrected chi connectivity index (χ2v) is 3.79. The number of nitrogens with one attached hydrogen (secondary N) is 1. The van der Waals surface area contributed by atoms with Crippen LogP contribution in [0.2, 0.25) is 0 Å². The number of rotatable bonds is 6. The number of hydrazine groups is 1. The highest BCUT2D eigenvalue weighted by Crippen LogP contribution is 1.98. The standard InChI is InChI=1S/C13H20N2O/c1-3-10-15(11-4-2)14-13(16)12-8-6-5-7-9-12/h5-9H,3-4,10-11H2,1-2H3,(H,14,16)/q+1. The van der Waals surface area contributed by atoms with E-state index in [0.29, 0.717) is 5.56 Å². The van der Waals surface area contributed by atoms with Gasteiger partial charge in [0, 0.05) is 18.4 Å². The molecular formula is C13H20N2O+. The second kappa shape index (κ2) is 7.01. The van der Waals surface area contributed by atoms with Crippen molar-refractivity contribution in [3.8, 4) is 0 Å². The van der Waals surface area contributed by atoms with Gasteiger partial charge in [0.1, 0.15) is 0 Å².